The predicted octanol–water partition coefficient (Wildman–Crippen LogP) is 2.01. The molecular formula is C15H18N4O3. The molecule has 0 aliphatic rings. The molecule has 0 spiro atoms. The van der Waals surface area contributed by atoms with Gasteiger partial charge in [-0.3, -0.25) is 9.89 Å². The lowest BCUT2D eigenvalue weighted by atomic mass is 10.1. The summed E-state index contributed by atoms with van der Waals surface area (Å²) < 4.78 is 4.99. The number of H-pyrrole nitrogens is 1. The normalized spacial score (nSPS) is 11.1. The molecule has 1 aromatic carbocycles. The maximum Gasteiger partial charge on any atom is 0.291 e. The molecule has 7 nitrogen and oxygen atoms in total. The van der Waals surface area contributed by atoms with Gasteiger partial charge in [-0.05, 0) is 35.7 Å². The molecule has 3 N–H and O–H groups in total. The van der Waals surface area contributed by atoms with Gasteiger partial charge in [0.2, 0.25) is 0 Å². The van der Waals surface area contributed by atoms with Gasteiger partial charge in [-0.1, -0.05) is 13.8 Å². The molecule has 0 bridgehead atoms. The van der Waals surface area contributed by atoms with Crippen LogP contribution in [0.1, 0.15) is 41.5 Å². The Hall–Kier alpha value is -2.83. The van der Waals surface area contributed by atoms with Crippen LogP contribution in [0.15, 0.2) is 29.4 Å². The molecule has 2 aromatic rings. The number of amides is 1. The third-order valence-corrected chi connectivity index (χ3v) is 3.04. The van der Waals surface area contributed by atoms with Crippen molar-refractivity contribution >= 4 is 12.1 Å². The highest BCUT2D eigenvalue weighted by atomic mass is 16.5. The van der Waals surface area contributed by atoms with Gasteiger partial charge in [0.15, 0.2) is 17.2 Å². The molecule has 0 aliphatic heterocycles. The molecule has 0 fully saturated rings. The van der Waals surface area contributed by atoms with Crippen molar-refractivity contribution < 1.29 is 14.6 Å². The molecule has 0 saturated carbocycles. The summed E-state index contributed by atoms with van der Waals surface area (Å²) in [4.78, 5) is 11.9. The van der Waals surface area contributed by atoms with E-state index >= 15 is 0 Å². The molecule has 1 heterocycles. The summed E-state index contributed by atoms with van der Waals surface area (Å²) in [7, 11) is 1.46. The van der Waals surface area contributed by atoms with Crippen LogP contribution in [0.25, 0.3) is 0 Å². The van der Waals surface area contributed by atoms with Crippen molar-refractivity contribution in [2.75, 3.05) is 7.11 Å². The van der Waals surface area contributed by atoms with Crippen LogP contribution >= 0.6 is 0 Å². The lowest BCUT2D eigenvalue weighted by Crippen LogP contribution is -2.18. The summed E-state index contributed by atoms with van der Waals surface area (Å²) in [6, 6.07) is 6.44. The van der Waals surface area contributed by atoms with E-state index in [2.05, 4.69) is 20.7 Å². The molecule has 1 amide bonds. The summed E-state index contributed by atoms with van der Waals surface area (Å²) in [5.74, 6) is 0.248. The lowest BCUT2D eigenvalue weighted by Gasteiger charge is -2.03. The number of nitrogens with zero attached hydrogens (tertiary/aromatic N) is 2. The van der Waals surface area contributed by atoms with Gasteiger partial charge in [0.25, 0.3) is 5.91 Å². The minimum absolute atomic E-state index is 0.0430. The Bertz CT molecular complexity index is 692. The van der Waals surface area contributed by atoms with E-state index in [0.29, 0.717) is 11.3 Å². The van der Waals surface area contributed by atoms with Crippen molar-refractivity contribution in [3.8, 4) is 11.5 Å². The van der Waals surface area contributed by atoms with Crippen LogP contribution in [0, 0.1) is 0 Å². The maximum atomic E-state index is 11.9. The molecule has 7 heteroatoms. The van der Waals surface area contributed by atoms with Crippen molar-refractivity contribution in [3.05, 3.63) is 41.2 Å². The third-order valence-electron chi connectivity index (χ3n) is 3.04. The zero-order chi connectivity index (χ0) is 16.1. The van der Waals surface area contributed by atoms with E-state index in [1.54, 1.807) is 18.2 Å². The predicted molar refractivity (Wildman–Crippen MR) is 82.4 cm³/mol. The Labute approximate surface area is 128 Å². The monoisotopic (exact) mass is 302 g/mol. The van der Waals surface area contributed by atoms with Crippen LogP contribution in [0.3, 0.4) is 0 Å². The first-order valence-electron chi connectivity index (χ1n) is 6.77. The van der Waals surface area contributed by atoms with Gasteiger partial charge in [0.1, 0.15) is 0 Å². The number of rotatable bonds is 5. The summed E-state index contributed by atoms with van der Waals surface area (Å²) in [5, 5.41) is 20.1. The summed E-state index contributed by atoms with van der Waals surface area (Å²) in [6.45, 7) is 4.01. The maximum absolute atomic E-state index is 11.9. The number of carbonyl (C=O) groups excluding carboxylic acids is 1. The second-order valence-electron chi connectivity index (χ2n) is 4.99. The number of phenolic OH excluding ortho intramolecular Hbond substituents is 1. The van der Waals surface area contributed by atoms with Gasteiger partial charge < -0.3 is 9.84 Å². The number of aromatic hydroxyl groups is 1. The standard InChI is InChI=1S/C15H18N4O3/c1-9(2)11-7-12(18-17-11)15(21)19-16-8-10-4-5-13(20)14(6-10)22-3/h4-9,20H,1-3H3,(H,17,18)(H,19,21). The Balaban J connectivity index is 2.00. The highest BCUT2D eigenvalue weighted by Crippen LogP contribution is 2.25. The van der Waals surface area contributed by atoms with E-state index in [4.69, 9.17) is 4.74 Å². The number of aromatic amines is 1. The average Bonchev–Trinajstić information content (AvgIpc) is 2.99. The fourth-order valence-corrected chi connectivity index (χ4v) is 1.75. The zero-order valence-electron chi connectivity index (χ0n) is 12.6. The highest BCUT2D eigenvalue weighted by molar-refractivity contribution is 5.93. The van der Waals surface area contributed by atoms with Gasteiger partial charge in [0, 0.05) is 5.69 Å². The van der Waals surface area contributed by atoms with Gasteiger partial charge in [-0.25, -0.2) is 5.43 Å². The van der Waals surface area contributed by atoms with E-state index in [9.17, 15) is 9.90 Å². The number of hydrogen-bond donors (Lipinski definition) is 3. The minimum atomic E-state index is -0.398. The van der Waals surface area contributed by atoms with Crippen LogP contribution in [-0.4, -0.2) is 34.5 Å². The van der Waals surface area contributed by atoms with Crippen LogP contribution in [-0.2, 0) is 0 Å². The van der Waals surface area contributed by atoms with E-state index in [-0.39, 0.29) is 17.4 Å². The van der Waals surface area contributed by atoms with E-state index in [0.717, 1.165) is 5.69 Å². The number of methoxy groups -OCH3 is 1. The molecule has 0 saturated heterocycles. The average molecular weight is 302 g/mol. The zero-order valence-corrected chi connectivity index (χ0v) is 12.6. The number of hydrazone groups is 1. The van der Waals surface area contributed by atoms with Crippen molar-refractivity contribution in [1.82, 2.24) is 15.6 Å². The second-order valence-corrected chi connectivity index (χ2v) is 4.99. The van der Waals surface area contributed by atoms with Gasteiger partial charge >= 0.3 is 0 Å². The van der Waals surface area contributed by atoms with Crippen LogP contribution in [0.2, 0.25) is 0 Å². The van der Waals surface area contributed by atoms with Crippen LogP contribution in [0.5, 0.6) is 11.5 Å². The Morgan fingerprint density at radius 1 is 1.45 bits per heavy atom. The molecule has 1 aromatic heterocycles. The number of ether oxygens (including phenoxy) is 1. The van der Waals surface area contributed by atoms with E-state index < -0.39 is 5.91 Å². The first-order chi connectivity index (χ1) is 10.5. The summed E-state index contributed by atoms with van der Waals surface area (Å²) in [5.41, 5.74) is 4.24. The highest BCUT2D eigenvalue weighted by Gasteiger charge is 2.11. The summed E-state index contributed by atoms with van der Waals surface area (Å²) in [6.07, 6.45) is 1.45. The first-order valence-corrected chi connectivity index (χ1v) is 6.77. The molecular weight excluding hydrogens is 284 g/mol. The van der Waals surface area contributed by atoms with Crippen molar-refractivity contribution in [2.45, 2.75) is 19.8 Å². The van der Waals surface area contributed by atoms with Gasteiger partial charge in [-0.15, -0.1) is 0 Å². The van der Waals surface area contributed by atoms with Gasteiger partial charge in [0.05, 0.1) is 13.3 Å². The first kappa shape index (κ1) is 15.6. The number of benzene rings is 1. The largest absolute Gasteiger partial charge is 0.504 e. The quantitative estimate of drug-likeness (QED) is 0.581. The molecule has 0 unspecified atom stereocenters. The molecule has 116 valence electrons. The van der Waals surface area contributed by atoms with Crippen LogP contribution < -0.4 is 10.2 Å². The van der Waals surface area contributed by atoms with Gasteiger partial charge in [-0.2, -0.15) is 10.2 Å². The Morgan fingerprint density at radius 3 is 2.86 bits per heavy atom. The van der Waals surface area contributed by atoms with Crippen molar-refractivity contribution in [3.63, 3.8) is 0 Å². The fourth-order valence-electron chi connectivity index (χ4n) is 1.75. The Kier molecular flexibility index (Phi) is 4.77. The van der Waals surface area contributed by atoms with Crippen molar-refractivity contribution in [1.29, 1.82) is 0 Å². The molecule has 22 heavy (non-hydrogen) atoms. The molecule has 0 aliphatic carbocycles. The second kappa shape index (κ2) is 6.75. The SMILES string of the molecule is COc1cc(C=NNC(=O)c2cc(C(C)C)[nH]n2)ccc1O. The topological polar surface area (TPSA) is 99.6 Å². The number of aromatic nitrogens is 2. The molecule has 2 rings (SSSR count). The summed E-state index contributed by atoms with van der Waals surface area (Å²) >= 11 is 0. The number of nitrogens with one attached hydrogen (secondary N) is 2. The van der Waals surface area contributed by atoms with E-state index in [1.807, 2.05) is 13.8 Å². The number of phenols is 1. The fraction of sp³-hybridized carbons (Fsp3) is 0.267. The van der Waals surface area contributed by atoms with Crippen LogP contribution in [0.4, 0.5) is 0 Å². The molecule has 0 radical (unpaired) electrons. The number of carbonyl (C=O) groups is 1. The third kappa shape index (κ3) is 3.63. The smallest absolute Gasteiger partial charge is 0.291 e. The van der Waals surface area contributed by atoms with Crippen molar-refractivity contribution in [2.24, 2.45) is 5.10 Å². The Morgan fingerprint density at radius 2 is 2.23 bits per heavy atom. The minimum Gasteiger partial charge on any atom is -0.504 e. The van der Waals surface area contributed by atoms with E-state index in [1.165, 1.54) is 19.4 Å². The lowest BCUT2D eigenvalue weighted by molar-refractivity contribution is 0.0950. The number of hydrogen-bond acceptors (Lipinski definition) is 5. The molecule has 0 atom stereocenters.